The van der Waals surface area contributed by atoms with Gasteiger partial charge in [-0.1, -0.05) is 30.3 Å². The highest BCUT2D eigenvalue weighted by Crippen LogP contribution is 2.15. The normalized spacial score (nSPS) is 12.9. The number of benzene rings is 2. The van der Waals surface area contributed by atoms with Crippen molar-refractivity contribution in [2.75, 3.05) is 18.4 Å². The van der Waals surface area contributed by atoms with Gasteiger partial charge in [0.2, 0.25) is 0 Å². The van der Waals surface area contributed by atoms with Gasteiger partial charge in [0.1, 0.15) is 5.82 Å². The van der Waals surface area contributed by atoms with E-state index in [0.717, 1.165) is 16.7 Å². The molecule has 0 bridgehead atoms. The summed E-state index contributed by atoms with van der Waals surface area (Å²) in [4.78, 5) is 31.9. The van der Waals surface area contributed by atoms with Crippen LogP contribution in [0.4, 0.5) is 5.82 Å². The first-order valence-electron chi connectivity index (χ1n) is 12.5. The van der Waals surface area contributed by atoms with Gasteiger partial charge in [0.25, 0.3) is 11.8 Å². The number of aryl methyl sites for hydroxylation is 2. The zero-order chi connectivity index (χ0) is 27.7. The number of anilines is 1. The number of pyridine rings is 1. The van der Waals surface area contributed by atoms with Crippen molar-refractivity contribution in [2.45, 2.75) is 46.4 Å². The number of nitrogens with zero attached hydrogens (tertiary/aromatic N) is 3. The van der Waals surface area contributed by atoms with Crippen LogP contribution in [0.3, 0.4) is 0 Å². The summed E-state index contributed by atoms with van der Waals surface area (Å²) in [7, 11) is 0. The molecule has 0 spiro atoms. The lowest BCUT2D eigenvalue weighted by Crippen LogP contribution is -2.35. The second kappa shape index (κ2) is 13.6. The maximum Gasteiger partial charge on any atom is 0.275 e. The van der Waals surface area contributed by atoms with E-state index >= 15 is 0 Å². The Morgan fingerprint density at radius 3 is 2.39 bits per heavy atom. The van der Waals surface area contributed by atoms with E-state index in [1.54, 1.807) is 50.4 Å². The average molecular weight is 518 g/mol. The number of aromatic nitrogens is 1. The molecular formula is C29H35N5O4. The average Bonchev–Trinajstić information content (AvgIpc) is 2.85. The maximum atomic E-state index is 13.0. The third-order valence-electron chi connectivity index (χ3n) is 5.84. The van der Waals surface area contributed by atoms with E-state index < -0.39 is 24.0 Å². The molecule has 2 aromatic carbocycles. The molecule has 4 N–H and O–H groups in total. The van der Waals surface area contributed by atoms with E-state index in [4.69, 9.17) is 0 Å². The minimum Gasteiger partial charge on any atom is -0.392 e. The summed E-state index contributed by atoms with van der Waals surface area (Å²) in [5, 5.41) is 26.3. The van der Waals surface area contributed by atoms with E-state index in [-0.39, 0.29) is 11.4 Å². The summed E-state index contributed by atoms with van der Waals surface area (Å²) in [5.74, 6) is -0.809. The summed E-state index contributed by atoms with van der Waals surface area (Å²) in [5.41, 5.74) is 7.05. The second-order valence-electron chi connectivity index (χ2n) is 9.49. The van der Waals surface area contributed by atoms with Crippen LogP contribution in [0.1, 0.15) is 56.8 Å². The smallest absolute Gasteiger partial charge is 0.275 e. The highest BCUT2D eigenvalue weighted by Gasteiger charge is 2.17. The summed E-state index contributed by atoms with van der Waals surface area (Å²) in [6.07, 6.45) is 1.94. The first-order chi connectivity index (χ1) is 18.1. The number of rotatable bonds is 11. The van der Waals surface area contributed by atoms with Crippen LogP contribution in [0.15, 0.2) is 65.9 Å². The van der Waals surface area contributed by atoms with Crippen LogP contribution >= 0.6 is 0 Å². The predicted molar refractivity (Wildman–Crippen MR) is 148 cm³/mol. The number of hydrogen-bond acceptors (Lipinski definition) is 7. The Labute approximate surface area is 223 Å². The molecule has 0 aliphatic rings. The van der Waals surface area contributed by atoms with E-state index in [0.29, 0.717) is 25.2 Å². The van der Waals surface area contributed by atoms with Crippen LogP contribution in [-0.2, 0) is 6.54 Å². The standard InChI is InChI=1S/C29H35N5O4/c1-19-10-11-23(13-20(19)2)15-31-33-29(38)26-9-6-12-30-27(26)32-28(37)25-8-5-7-24(14-25)18-34(16-21(3)35)17-22(4)36/h5-15,21-22,35-36H,16-18H2,1-4H3,(H,33,38)(H,30,32,37). The van der Waals surface area contributed by atoms with Crippen LogP contribution in [-0.4, -0.2) is 63.4 Å². The Morgan fingerprint density at radius 1 is 0.974 bits per heavy atom. The number of carbonyl (C=O) groups is 2. The van der Waals surface area contributed by atoms with Crippen LogP contribution in [0, 0.1) is 13.8 Å². The third kappa shape index (κ3) is 8.58. The predicted octanol–water partition coefficient (Wildman–Crippen LogP) is 3.28. The first-order valence-corrected chi connectivity index (χ1v) is 12.5. The number of hydrogen-bond donors (Lipinski definition) is 4. The lowest BCUT2D eigenvalue weighted by molar-refractivity contribution is 0.0793. The quantitative estimate of drug-likeness (QED) is 0.228. The topological polar surface area (TPSA) is 127 Å². The number of carbonyl (C=O) groups excluding carboxylic acids is 2. The van der Waals surface area contributed by atoms with Crippen LogP contribution in [0.5, 0.6) is 0 Å². The monoisotopic (exact) mass is 517 g/mol. The van der Waals surface area contributed by atoms with Crippen molar-refractivity contribution < 1.29 is 19.8 Å². The summed E-state index contributed by atoms with van der Waals surface area (Å²) in [6, 6.07) is 16.1. The Hall–Kier alpha value is -3.92. The lowest BCUT2D eigenvalue weighted by Gasteiger charge is -2.25. The molecule has 0 radical (unpaired) electrons. The van der Waals surface area contributed by atoms with Crippen molar-refractivity contribution in [1.29, 1.82) is 0 Å². The first kappa shape index (κ1) is 28.6. The molecule has 1 aromatic heterocycles. The van der Waals surface area contributed by atoms with Gasteiger partial charge in [-0.05, 0) is 74.2 Å². The minimum atomic E-state index is -0.556. The van der Waals surface area contributed by atoms with Crippen molar-refractivity contribution in [1.82, 2.24) is 15.3 Å². The van der Waals surface area contributed by atoms with Gasteiger partial charge in [-0.15, -0.1) is 0 Å². The molecule has 200 valence electrons. The molecular weight excluding hydrogens is 482 g/mol. The fourth-order valence-electron chi connectivity index (χ4n) is 3.96. The fourth-order valence-corrected chi connectivity index (χ4v) is 3.96. The number of amides is 2. The number of hydrazone groups is 1. The highest BCUT2D eigenvalue weighted by atomic mass is 16.3. The number of aliphatic hydroxyl groups excluding tert-OH is 2. The lowest BCUT2D eigenvalue weighted by atomic mass is 10.1. The van der Waals surface area contributed by atoms with Gasteiger partial charge in [0.15, 0.2) is 0 Å². The zero-order valence-electron chi connectivity index (χ0n) is 22.2. The summed E-state index contributed by atoms with van der Waals surface area (Å²) >= 11 is 0. The molecule has 9 heteroatoms. The molecule has 0 saturated heterocycles. The van der Waals surface area contributed by atoms with Crippen molar-refractivity contribution in [3.63, 3.8) is 0 Å². The van der Waals surface area contributed by atoms with Crippen molar-refractivity contribution in [3.05, 3.63) is 94.2 Å². The molecule has 1 heterocycles. The molecule has 3 aromatic rings. The van der Waals surface area contributed by atoms with Crippen LogP contribution < -0.4 is 10.7 Å². The van der Waals surface area contributed by atoms with Gasteiger partial charge in [-0.3, -0.25) is 14.5 Å². The number of nitrogens with one attached hydrogen (secondary N) is 2. The molecule has 3 rings (SSSR count). The molecule has 0 saturated carbocycles. The van der Waals surface area contributed by atoms with Crippen molar-refractivity contribution >= 4 is 23.8 Å². The fraction of sp³-hybridized carbons (Fsp3) is 0.310. The molecule has 2 atom stereocenters. The Morgan fingerprint density at radius 2 is 1.71 bits per heavy atom. The maximum absolute atomic E-state index is 13.0. The largest absolute Gasteiger partial charge is 0.392 e. The second-order valence-corrected chi connectivity index (χ2v) is 9.49. The van der Waals surface area contributed by atoms with Gasteiger partial charge in [-0.25, -0.2) is 10.4 Å². The molecule has 0 fully saturated rings. The molecule has 0 aliphatic heterocycles. The van der Waals surface area contributed by atoms with E-state index in [2.05, 4.69) is 20.8 Å². The molecule has 0 aliphatic carbocycles. The molecule has 2 amide bonds. The van der Waals surface area contributed by atoms with Crippen molar-refractivity contribution in [3.8, 4) is 0 Å². The van der Waals surface area contributed by atoms with Gasteiger partial charge in [-0.2, -0.15) is 5.10 Å². The van der Waals surface area contributed by atoms with E-state index in [1.807, 2.05) is 43.0 Å². The highest BCUT2D eigenvalue weighted by molar-refractivity contribution is 6.08. The SMILES string of the molecule is Cc1ccc(C=NNC(=O)c2cccnc2NC(=O)c2cccc(CN(CC(C)O)CC(C)O)c2)cc1C. The molecule has 9 nitrogen and oxygen atoms in total. The Bertz CT molecular complexity index is 1280. The Balaban J connectivity index is 1.69. The third-order valence-corrected chi connectivity index (χ3v) is 5.84. The van der Waals surface area contributed by atoms with Gasteiger partial charge in [0.05, 0.1) is 24.0 Å². The van der Waals surface area contributed by atoms with E-state index in [9.17, 15) is 19.8 Å². The summed E-state index contributed by atoms with van der Waals surface area (Å²) in [6.45, 7) is 8.64. The van der Waals surface area contributed by atoms with Gasteiger partial charge in [0, 0.05) is 31.4 Å². The van der Waals surface area contributed by atoms with Gasteiger partial charge < -0.3 is 15.5 Å². The zero-order valence-corrected chi connectivity index (χ0v) is 22.2. The van der Waals surface area contributed by atoms with Crippen LogP contribution in [0.25, 0.3) is 0 Å². The van der Waals surface area contributed by atoms with Gasteiger partial charge >= 0.3 is 0 Å². The van der Waals surface area contributed by atoms with E-state index in [1.165, 1.54) is 11.8 Å². The minimum absolute atomic E-state index is 0.117. The van der Waals surface area contributed by atoms with Crippen molar-refractivity contribution in [2.24, 2.45) is 5.10 Å². The summed E-state index contributed by atoms with van der Waals surface area (Å²) < 4.78 is 0. The molecule has 2 unspecified atom stereocenters. The molecule has 38 heavy (non-hydrogen) atoms. The Kier molecular flexibility index (Phi) is 10.2. The number of aliphatic hydroxyl groups is 2. The van der Waals surface area contributed by atoms with Crippen LogP contribution in [0.2, 0.25) is 0 Å².